The quantitative estimate of drug-likeness (QED) is 0.922. The van der Waals surface area contributed by atoms with Crippen LogP contribution in [0.15, 0.2) is 43.0 Å². The van der Waals surface area contributed by atoms with Crippen molar-refractivity contribution in [1.82, 2.24) is 14.9 Å². The summed E-state index contributed by atoms with van der Waals surface area (Å²) in [5.74, 6) is 0.242. The number of aromatic nitrogens is 2. The SMILES string of the molecule is O=C(Cn1ccnc1)N[C@@H]1CCC[C@@H]1Cc1ccc(F)cc1. The second-order valence-corrected chi connectivity index (χ2v) is 5.93. The zero-order chi connectivity index (χ0) is 15.4. The molecule has 0 unspecified atom stereocenters. The number of carbonyl (C=O) groups excluding carboxylic acids is 1. The average molecular weight is 301 g/mol. The molecule has 3 rings (SSSR count). The number of carbonyl (C=O) groups is 1. The van der Waals surface area contributed by atoms with Gasteiger partial charge in [-0.25, -0.2) is 9.37 Å². The predicted octanol–water partition coefficient (Wildman–Crippen LogP) is 2.55. The number of halogens is 1. The number of nitrogens with zero attached hydrogens (tertiary/aromatic N) is 2. The first-order valence-corrected chi connectivity index (χ1v) is 7.70. The molecular weight excluding hydrogens is 281 g/mol. The summed E-state index contributed by atoms with van der Waals surface area (Å²) in [7, 11) is 0. The number of rotatable bonds is 5. The summed E-state index contributed by atoms with van der Waals surface area (Å²) in [4.78, 5) is 16.0. The monoisotopic (exact) mass is 301 g/mol. The van der Waals surface area contributed by atoms with Crippen molar-refractivity contribution in [2.45, 2.75) is 38.3 Å². The van der Waals surface area contributed by atoms with Crippen LogP contribution in [0.25, 0.3) is 0 Å². The number of amides is 1. The van der Waals surface area contributed by atoms with Crippen molar-refractivity contribution >= 4 is 5.91 Å². The number of hydrogen-bond acceptors (Lipinski definition) is 2. The van der Waals surface area contributed by atoms with Gasteiger partial charge in [0.2, 0.25) is 5.91 Å². The Morgan fingerprint density at radius 1 is 1.32 bits per heavy atom. The molecular formula is C17H20FN3O. The molecule has 1 fully saturated rings. The standard InChI is InChI=1S/C17H20FN3O/c18-15-6-4-13(5-7-15)10-14-2-1-3-16(14)20-17(22)11-21-9-8-19-12-21/h4-9,12,14,16H,1-3,10-11H2,(H,20,22)/t14-,16-/m1/s1. The van der Waals surface area contributed by atoms with E-state index in [1.807, 2.05) is 12.1 Å². The number of benzene rings is 1. The van der Waals surface area contributed by atoms with Gasteiger partial charge in [-0.3, -0.25) is 4.79 Å². The highest BCUT2D eigenvalue weighted by Gasteiger charge is 2.28. The third kappa shape index (κ3) is 3.72. The summed E-state index contributed by atoms with van der Waals surface area (Å²) in [6, 6.07) is 6.87. The molecule has 0 radical (unpaired) electrons. The minimum Gasteiger partial charge on any atom is -0.352 e. The van der Waals surface area contributed by atoms with E-state index in [0.29, 0.717) is 12.5 Å². The summed E-state index contributed by atoms with van der Waals surface area (Å²) in [6.07, 6.45) is 9.22. The summed E-state index contributed by atoms with van der Waals surface area (Å²) in [5.41, 5.74) is 1.13. The van der Waals surface area contributed by atoms with Gasteiger partial charge in [0, 0.05) is 18.4 Å². The van der Waals surface area contributed by atoms with Gasteiger partial charge in [-0.2, -0.15) is 0 Å². The first-order valence-electron chi connectivity index (χ1n) is 7.70. The van der Waals surface area contributed by atoms with Crippen LogP contribution in [-0.2, 0) is 17.8 Å². The third-order valence-corrected chi connectivity index (χ3v) is 4.30. The van der Waals surface area contributed by atoms with Gasteiger partial charge in [0.15, 0.2) is 0 Å². The van der Waals surface area contributed by atoms with Crippen LogP contribution >= 0.6 is 0 Å². The van der Waals surface area contributed by atoms with Gasteiger partial charge in [0.05, 0.1) is 6.33 Å². The van der Waals surface area contributed by atoms with Crippen LogP contribution in [0, 0.1) is 11.7 Å². The fourth-order valence-electron chi connectivity index (χ4n) is 3.19. The minimum absolute atomic E-state index is 0.0222. The largest absolute Gasteiger partial charge is 0.352 e. The minimum atomic E-state index is -0.208. The Bertz CT molecular complexity index is 609. The van der Waals surface area contributed by atoms with E-state index >= 15 is 0 Å². The van der Waals surface area contributed by atoms with Crippen molar-refractivity contribution in [2.75, 3.05) is 0 Å². The van der Waals surface area contributed by atoms with Crippen molar-refractivity contribution in [3.8, 4) is 0 Å². The molecule has 1 aromatic carbocycles. The van der Waals surface area contributed by atoms with Crippen LogP contribution in [0.2, 0.25) is 0 Å². The molecule has 1 saturated carbocycles. The van der Waals surface area contributed by atoms with E-state index in [1.165, 1.54) is 12.1 Å². The lowest BCUT2D eigenvalue weighted by molar-refractivity contribution is -0.122. The molecule has 0 saturated heterocycles. The zero-order valence-corrected chi connectivity index (χ0v) is 12.4. The van der Waals surface area contributed by atoms with Crippen LogP contribution in [0.1, 0.15) is 24.8 Å². The van der Waals surface area contributed by atoms with Crippen LogP contribution in [0.4, 0.5) is 4.39 Å². The molecule has 2 atom stereocenters. The molecule has 0 spiro atoms. The van der Waals surface area contributed by atoms with Crippen LogP contribution in [0.5, 0.6) is 0 Å². The van der Waals surface area contributed by atoms with Crippen molar-refractivity contribution in [1.29, 1.82) is 0 Å². The zero-order valence-electron chi connectivity index (χ0n) is 12.4. The number of nitrogens with one attached hydrogen (secondary N) is 1. The Morgan fingerprint density at radius 2 is 2.14 bits per heavy atom. The van der Waals surface area contributed by atoms with Crippen molar-refractivity contribution in [3.63, 3.8) is 0 Å². The molecule has 0 aliphatic heterocycles. The maximum atomic E-state index is 13.0. The van der Waals surface area contributed by atoms with E-state index < -0.39 is 0 Å². The van der Waals surface area contributed by atoms with Gasteiger partial charge in [-0.05, 0) is 42.9 Å². The molecule has 4 nitrogen and oxygen atoms in total. The lowest BCUT2D eigenvalue weighted by Gasteiger charge is -2.21. The molecule has 1 amide bonds. The van der Waals surface area contributed by atoms with Crippen molar-refractivity contribution in [3.05, 3.63) is 54.4 Å². The maximum absolute atomic E-state index is 13.0. The smallest absolute Gasteiger partial charge is 0.240 e. The lowest BCUT2D eigenvalue weighted by Crippen LogP contribution is -2.39. The molecule has 0 bridgehead atoms. The Kier molecular flexibility index (Phi) is 4.51. The second kappa shape index (κ2) is 6.73. The van der Waals surface area contributed by atoms with Gasteiger partial charge < -0.3 is 9.88 Å². The molecule has 5 heteroatoms. The fourth-order valence-corrected chi connectivity index (χ4v) is 3.19. The number of imidazole rings is 1. The Hall–Kier alpha value is -2.17. The maximum Gasteiger partial charge on any atom is 0.240 e. The lowest BCUT2D eigenvalue weighted by atomic mass is 9.94. The topological polar surface area (TPSA) is 46.9 Å². The van der Waals surface area contributed by atoms with E-state index in [-0.39, 0.29) is 17.8 Å². The Labute approximate surface area is 129 Å². The summed E-state index contributed by atoms with van der Waals surface area (Å²) in [6.45, 7) is 0.305. The molecule has 1 N–H and O–H groups in total. The van der Waals surface area contributed by atoms with Crippen LogP contribution < -0.4 is 5.32 Å². The highest BCUT2D eigenvalue weighted by molar-refractivity contribution is 5.76. The van der Waals surface area contributed by atoms with Gasteiger partial charge in [-0.1, -0.05) is 18.6 Å². The van der Waals surface area contributed by atoms with E-state index in [0.717, 1.165) is 31.2 Å². The summed E-state index contributed by atoms with van der Waals surface area (Å²) >= 11 is 0. The van der Waals surface area contributed by atoms with E-state index in [4.69, 9.17) is 0 Å². The molecule has 22 heavy (non-hydrogen) atoms. The van der Waals surface area contributed by atoms with Gasteiger partial charge in [0.1, 0.15) is 12.4 Å². The molecule has 1 aliphatic rings. The molecule has 2 aromatic rings. The average Bonchev–Trinajstić information content (AvgIpc) is 3.14. The first kappa shape index (κ1) is 14.8. The van der Waals surface area contributed by atoms with Gasteiger partial charge >= 0.3 is 0 Å². The predicted molar refractivity (Wildman–Crippen MR) is 81.6 cm³/mol. The first-order chi connectivity index (χ1) is 10.7. The van der Waals surface area contributed by atoms with E-state index in [2.05, 4.69) is 10.3 Å². The van der Waals surface area contributed by atoms with Gasteiger partial charge in [-0.15, -0.1) is 0 Å². The van der Waals surface area contributed by atoms with Crippen molar-refractivity contribution < 1.29 is 9.18 Å². The summed E-state index contributed by atoms with van der Waals surface area (Å²) < 4.78 is 14.7. The third-order valence-electron chi connectivity index (χ3n) is 4.30. The highest BCUT2D eigenvalue weighted by atomic mass is 19.1. The highest BCUT2D eigenvalue weighted by Crippen LogP contribution is 2.29. The second-order valence-electron chi connectivity index (χ2n) is 5.93. The molecule has 116 valence electrons. The molecule has 1 aliphatic carbocycles. The van der Waals surface area contributed by atoms with Crippen molar-refractivity contribution in [2.24, 2.45) is 5.92 Å². The van der Waals surface area contributed by atoms with Gasteiger partial charge in [0.25, 0.3) is 0 Å². The van der Waals surface area contributed by atoms with Crippen LogP contribution in [-0.4, -0.2) is 21.5 Å². The molecule has 1 aromatic heterocycles. The Morgan fingerprint density at radius 3 is 2.86 bits per heavy atom. The number of hydrogen-bond donors (Lipinski definition) is 1. The summed E-state index contributed by atoms with van der Waals surface area (Å²) in [5, 5.41) is 3.14. The fraction of sp³-hybridized carbons (Fsp3) is 0.412. The van der Waals surface area contributed by atoms with Crippen LogP contribution in [0.3, 0.4) is 0 Å². The Balaban J connectivity index is 1.56. The molecule has 1 heterocycles. The van der Waals surface area contributed by atoms with E-state index in [9.17, 15) is 9.18 Å². The van der Waals surface area contributed by atoms with E-state index in [1.54, 1.807) is 23.3 Å². The normalized spacial score (nSPS) is 21.0.